The van der Waals surface area contributed by atoms with Crippen molar-refractivity contribution in [1.29, 1.82) is 0 Å². The number of halogens is 3. The van der Waals surface area contributed by atoms with Crippen LogP contribution < -0.4 is 14.8 Å². The van der Waals surface area contributed by atoms with Gasteiger partial charge in [0.05, 0.1) is 31.4 Å². The van der Waals surface area contributed by atoms with Crippen LogP contribution in [0, 0.1) is 0 Å². The summed E-state index contributed by atoms with van der Waals surface area (Å²) in [5.74, 6) is 2.03. The SMILES string of the molecule is COc1cc2c(cc1O[C@H]1CCOC1)c(N[C@H](C)c1cccc(C(F)(F)F)c1)nc1nccn12. The Hall–Kier alpha value is -3.53. The summed E-state index contributed by atoms with van der Waals surface area (Å²) in [6.07, 6.45) is -0.305. The number of fused-ring (bicyclic) bond motifs is 3. The molecular formula is C24H23F3N4O3. The standard InChI is InChI=1S/C24H23F3N4O3/c1-14(15-4-3-5-16(10-15)24(25,26)27)29-22-18-11-21(34-17-6-9-33-13-17)20(32-2)12-19(18)31-8-7-28-23(31)30-22/h3-5,7-8,10-12,14,17H,6,9,13H2,1-2H3,(H,28,29,30)/t14-,17+/m1/s1. The maximum Gasteiger partial charge on any atom is 0.416 e. The van der Waals surface area contributed by atoms with Gasteiger partial charge in [0.2, 0.25) is 5.78 Å². The van der Waals surface area contributed by atoms with Gasteiger partial charge in [-0.1, -0.05) is 12.1 Å². The normalized spacial score (nSPS) is 17.3. The van der Waals surface area contributed by atoms with Crippen LogP contribution in [-0.2, 0) is 10.9 Å². The molecule has 34 heavy (non-hydrogen) atoms. The third-order valence-corrected chi connectivity index (χ3v) is 5.88. The summed E-state index contributed by atoms with van der Waals surface area (Å²) in [6, 6.07) is 8.48. The number of aromatic nitrogens is 3. The summed E-state index contributed by atoms with van der Waals surface area (Å²) in [7, 11) is 1.57. The number of hydrogen-bond donors (Lipinski definition) is 1. The minimum atomic E-state index is -4.41. The molecule has 0 spiro atoms. The van der Waals surface area contributed by atoms with E-state index in [1.807, 2.05) is 16.5 Å². The van der Waals surface area contributed by atoms with Gasteiger partial charge in [-0.2, -0.15) is 18.2 Å². The fourth-order valence-corrected chi connectivity index (χ4v) is 4.08. The molecule has 0 radical (unpaired) electrons. The zero-order valence-electron chi connectivity index (χ0n) is 18.6. The van der Waals surface area contributed by atoms with Crippen LogP contribution in [0.1, 0.15) is 30.5 Å². The Morgan fingerprint density at radius 3 is 2.79 bits per heavy atom. The second kappa shape index (κ2) is 8.68. The quantitative estimate of drug-likeness (QED) is 0.413. The van der Waals surface area contributed by atoms with E-state index in [2.05, 4.69) is 15.3 Å². The van der Waals surface area contributed by atoms with Crippen molar-refractivity contribution in [2.24, 2.45) is 0 Å². The molecule has 0 saturated carbocycles. The molecule has 1 fully saturated rings. The Labute approximate surface area is 193 Å². The van der Waals surface area contributed by atoms with Crippen LogP contribution in [0.3, 0.4) is 0 Å². The average Bonchev–Trinajstić information content (AvgIpc) is 3.50. The Balaban J connectivity index is 1.57. The summed E-state index contributed by atoms with van der Waals surface area (Å²) in [4.78, 5) is 8.92. The van der Waals surface area contributed by atoms with E-state index in [-0.39, 0.29) is 6.10 Å². The second-order valence-corrected chi connectivity index (χ2v) is 8.17. The molecular weight excluding hydrogens is 449 g/mol. The van der Waals surface area contributed by atoms with Crippen LogP contribution in [-0.4, -0.2) is 40.8 Å². The fraction of sp³-hybridized carbons (Fsp3) is 0.333. The van der Waals surface area contributed by atoms with Crippen molar-refractivity contribution in [2.75, 3.05) is 25.6 Å². The lowest BCUT2D eigenvalue weighted by Crippen LogP contribution is -2.16. The third-order valence-electron chi connectivity index (χ3n) is 5.88. The van der Waals surface area contributed by atoms with Crippen molar-refractivity contribution in [2.45, 2.75) is 31.7 Å². The highest BCUT2D eigenvalue weighted by atomic mass is 19.4. The molecule has 0 amide bonds. The van der Waals surface area contributed by atoms with Crippen molar-refractivity contribution in [3.8, 4) is 11.5 Å². The van der Waals surface area contributed by atoms with Crippen LogP contribution in [0.2, 0.25) is 0 Å². The first-order valence-corrected chi connectivity index (χ1v) is 10.9. The number of hydrogen-bond acceptors (Lipinski definition) is 6. The molecule has 1 aliphatic heterocycles. The van der Waals surface area contributed by atoms with Gasteiger partial charge < -0.3 is 19.5 Å². The average molecular weight is 472 g/mol. The topological polar surface area (TPSA) is 69.9 Å². The van der Waals surface area contributed by atoms with Crippen LogP contribution in [0.15, 0.2) is 48.8 Å². The van der Waals surface area contributed by atoms with Crippen molar-refractivity contribution >= 4 is 22.5 Å². The van der Waals surface area contributed by atoms with Gasteiger partial charge in [-0.3, -0.25) is 4.40 Å². The van der Waals surface area contributed by atoms with Gasteiger partial charge >= 0.3 is 6.18 Å². The maximum atomic E-state index is 13.2. The predicted octanol–water partition coefficient (Wildman–Crippen LogP) is 5.25. The van der Waals surface area contributed by atoms with Crippen molar-refractivity contribution in [1.82, 2.24) is 14.4 Å². The number of benzene rings is 2. The number of alkyl halides is 3. The zero-order chi connectivity index (χ0) is 23.9. The summed E-state index contributed by atoms with van der Waals surface area (Å²) < 4.78 is 58.6. The van der Waals surface area contributed by atoms with Crippen LogP contribution in [0.25, 0.3) is 16.7 Å². The third kappa shape index (κ3) is 4.21. The highest BCUT2D eigenvalue weighted by molar-refractivity contribution is 5.93. The number of ether oxygens (including phenoxy) is 3. The van der Waals surface area contributed by atoms with E-state index in [1.54, 1.807) is 32.5 Å². The van der Waals surface area contributed by atoms with Gasteiger partial charge in [0.25, 0.3) is 0 Å². The Bertz CT molecular complexity index is 1330. The second-order valence-electron chi connectivity index (χ2n) is 8.17. The predicted molar refractivity (Wildman–Crippen MR) is 120 cm³/mol. The first kappa shape index (κ1) is 22.3. The molecule has 2 aromatic carbocycles. The first-order chi connectivity index (χ1) is 16.3. The number of nitrogens with one attached hydrogen (secondary N) is 1. The van der Waals surface area contributed by atoms with E-state index >= 15 is 0 Å². The lowest BCUT2D eigenvalue weighted by Gasteiger charge is -2.20. The number of methoxy groups -OCH3 is 1. The molecule has 2 aromatic heterocycles. The van der Waals surface area contributed by atoms with Crippen molar-refractivity contribution < 1.29 is 27.4 Å². The molecule has 0 aliphatic carbocycles. The molecule has 178 valence electrons. The molecule has 3 heterocycles. The lowest BCUT2D eigenvalue weighted by atomic mass is 10.0. The molecule has 10 heteroatoms. The van der Waals surface area contributed by atoms with Gasteiger partial charge in [0.15, 0.2) is 11.5 Å². The summed E-state index contributed by atoms with van der Waals surface area (Å²) in [5, 5.41) is 3.99. The molecule has 1 saturated heterocycles. The molecule has 1 N–H and O–H groups in total. The number of imidazole rings is 1. The monoisotopic (exact) mass is 472 g/mol. The molecule has 0 unspecified atom stereocenters. The van der Waals surface area contributed by atoms with E-state index in [1.165, 1.54) is 6.07 Å². The molecule has 2 atom stereocenters. The van der Waals surface area contributed by atoms with Gasteiger partial charge in [-0.15, -0.1) is 0 Å². The van der Waals surface area contributed by atoms with Crippen molar-refractivity contribution in [3.05, 3.63) is 59.9 Å². The van der Waals surface area contributed by atoms with Gasteiger partial charge in [0.1, 0.15) is 11.9 Å². The Morgan fingerprint density at radius 1 is 1.21 bits per heavy atom. The van der Waals surface area contributed by atoms with Crippen molar-refractivity contribution in [3.63, 3.8) is 0 Å². The van der Waals surface area contributed by atoms with E-state index in [9.17, 15) is 13.2 Å². The summed E-state index contributed by atoms with van der Waals surface area (Å²) >= 11 is 0. The molecule has 0 bridgehead atoms. The maximum absolute atomic E-state index is 13.2. The fourth-order valence-electron chi connectivity index (χ4n) is 4.08. The number of nitrogens with zero attached hydrogens (tertiary/aromatic N) is 3. The molecule has 7 nitrogen and oxygen atoms in total. The highest BCUT2D eigenvalue weighted by Crippen LogP contribution is 2.38. The highest BCUT2D eigenvalue weighted by Gasteiger charge is 2.31. The van der Waals surface area contributed by atoms with Crippen LogP contribution in [0.4, 0.5) is 19.0 Å². The van der Waals surface area contributed by atoms with Crippen LogP contribution in [0.5, 0.6) is 11.5 Å². The first-order valence-electron chi connectivity index (χ1n) is 10.9. The lowest BCUT2D eigenvalue weighted by molar-refractivity contribution is -0.137. The summed E-state index contributed by atoms with van der Waals surface area (Å²) in [5.41, 5.74) is 0.563. The minimum absolute atomic E-state index is 0.0864. The number of anilines is 1. The van der Waals surface area contributed by atoms with E-state index in [0.29, 0.717) is 41.9 Å². The summed E-state index contributed by atoms with van der Waals surface area (Å²) in [6.45, 7) is 2.92. The zero-order valence-corrected chi connectivity index (χ0v) is 18.6. The van der Waals surface area contributed by atoms with Gasteiger partial charge in [-0.25, -0.2) is 4.98 Å². The largest absolute Gasteiger partial charge is 0.493 e. The smallest absolute Gasteiger partial charge is 0.416 e. The van der Waals surface area contributed by atoms with Gasteiger partial charge in [0, 0.05) is 36.3 Å². The minimum Gasteiger partial charge on any atom is -0.493 e. The number of rotatable bonds is 6. The molecule has 5 rings (SSSR count). The Morgan fingerprint density at radius 2 is 2.06 bits per heavy atom. The van der Waals surface area contributed by atoms with E-state index in [0.717, 1.165) is 29.5 Å². The Kier molecular flexibility index (Phi) is 5.68. The van der Waals surface area contributed by atoms with E-state index < -0.39 is 17.8 Å². The molecule has 4 aromatic rings. The van der Waals surface area contributed by atoms with E-state index in [4.69, 9.17) is 14.2 Å². The van der Waals surface area contributed by atoms with Gasteiger partial charge in [-0.05, 0) is 30.7 Å². The molecule has 1 aliphatic rings. The van der Waals surface area contributed by atoms with Crippen LogP contribution >= 0.6 is 0 Å².